The number of rotatable bonds is 14. The van der Waals surface area contributed by atoms with Crippen LogP contribution in [-0.2, 0) is 23.1 Å². The molecular weight excluding hydrogens is 450 g/mol. The van der Waals surface area contributed by atoms with Gasteiger partial charge in [-0.2, -0.15) is 0 Å². The van der Waals surface area contributed by atoms with Crippen LogP contribution in [0.25, 0.3) is 11.1 Å². The van der Waals surface area contributed by atoms with Crippen LogP contribution in [0.4, 0.5) is 0 Å². The molecule has 36 heavy (non-hydrogen) atoms. The summed E-state index contributed by atoms with van der Waals surface area (Å²) in [5, 5.41) is 0. The van der Waals surface area contributed by atoms with Crippen LogP contribution in [-0.4, -0.2) is 59.0 Å². The molecule has 192 valence electrons. The molecule has 6 nitrogen and oxygen atoms in total. The summed E-state index contributed by atoms with van der Waals surface area (Å²) in [6.45, 7) is 7.00. The minimum Gasteiger partial charge on any atom is -0.382 e. The van der Waals surface area contributed by atoms with Gasteiger partial charge in [0.2, 0.25) is 5.91 Å². The van der Waals surface area contributed by atoms with Gasteiger partial charge in [-0.25, -0.2) is 0 Å². The average molecular weight is 490 g/mol. The van der Waals surface area contributed by atoms with Crippen molar-refractivity contribution in [2.24, 2.45) is 7.05 Å². The maximum absolute atomic E-state index is 13.5. The number of unbranched alkanes of at least 4 members (excludes halogenated alkanes) is 1. The van der Waals surface area contributed by atoms with Crippen LogP contribution < -0.4 is 0 Å². The molecule has 0 aliphatic carbocycles. The van der Waals surface area contributed by atoms with E-state index in [0.717, 1.165) is 29.7 Å². The second kappa shape index (κ2) is 14.2. The molecule has 3 aromatic rings. The van der Waals surface area contributed by atoms with E-state index in [2.05, 4.69) is 6.92 Å². The molecule has 0 radical (unpaired) electrons. The molecule has 6 heteroatoms. The number of hydrogen-bond acceptors (Lipinski definition) is 3. The highest BCUT2D eigenvalue weighted by atomic mass is 16.5. The zero-order chi connectivity index (χ0) is 25.8. The zero-order valence-corrected chi connectivity index (χ0v) is 21.9. The topological polar surface area (TPSA) is 54.8 Å². The lowest BCUT2D eigenvalue weighted by Crippen LogP contribution is -2.43. The minimum atomic E-state index is -0.131. The van der Waals surface area contributed by atoms with E-state index in [1.54, 1.807) is 4.90 Å². The van der Waals surface area contributed by atoms with Crippen molar-refractivity contribution >= 4 is 11.8 Å². The number of aromatic nitrogens is 1. The van der Waals surface area contributed by atoms with Gasteiger partial charge in [-0.1, -0.05) is 55.8 Å². The summed E-state index contributed by atoms with van der Waals surface area (Å²) in [5.41, 5.74) is 3.82. The number of aryl methyl sites for hydroxylation is 1. The summed E-state index contributed by atoms with van der Waals surface area (Å²) in [7, 11) is 1.99. The normalized spacial score (nSPS) is 10.9. The van der Waals surface area contributed by atoms with Crippen LogP contribution >= 0.6 is 0 Å². The van der Waals surface area contributed by atoms with Crippen molar-refractivity contribution in [2.45, 2.75) is 39.7 Å². The summed E-state index contributed by atoms with van der Waals surface area (Å²) in [4.78, 5) is 30.5. The van der Waals surface area contributed by atoms with Gasteiger partial charge in [-0.05, 0) is 55.2 Å². The number of hydrogen-bond donors (Lipinski definition) is 0. The van der Waals surface area contributed by atoms with E-state index < -0.39 is 0 Å². The quantitative estimate of drug-likeness (QED) is 0.285. The van der Waals surface area contributed by atoms with Crippen LogP contribution in [0.2, 0.25) is 0 Å². The molecule has 0 N–H and O–H groups in total. The van der Waals surface area contributed by atoms with Crippen molar-refractivity contribution in [3.05, 3.63) is 84.2 Å². The molecule has 0 atom stereocenters. The van der Waals surface area contributed by atoms with Crippen LogP contribution in [0.15, 0.2) is 72.9 Å². The van der Waals surface area contributed by atoms with E-state index in [0.29, 0.717) is 44.8 Å². The molecular formula is C30H39N3O3. The first kappa shape index (κ1) is 27.2. The summed E-state index contributed by atoms with van der Waals surface area (Å²) in [5.74, 6) is -0.163. The Hall–Kier alpha value is -3.38. The Bertz CT molecular complexity index is 1080. The SMILES string of the molecule is CCCCN(Cc1cccn1C)C(=O)CN(CCCOCC)C(=O)c1ccc(-c2ccccc2)cc1. The summed E-state index contributed by atoms with van der Waals surface area (Å²) >= 11 is 0. The molecule has 2 aromatic carbocycles. The molecule has 0 bridgehead atoms. The Morgan fingerprint density at radius 1 is 0.833 bits per heavy atom. The van der Waals surface area contributed by atoms with Crippen molar-refractivity contribution in [3.63, 3.8) is 0 Å². The molecule has 0 spiro atoms. The van der Waals surface area contributed by atoms with Gasteiger partial charge in [0.1, 0.15) is 6.54 Å². The second-order valence-corrected chi connectivity index (χ2v) is 9.00. The third-order valence-electron chi connectivity index (χ3n) is 6.31. The van der Waals surface area contributed by atoms with Crippen molar-refractivity contribution < 1.29 is 14.3 Å². The first-order valence-electron chi connectivity index (χ1n) is 12.9. The Balaban J connectivity index is 1.75. The number of amides is 2. The summed E-state index contributed by atoms with van der Waals surface area (Å²) in [6.07, 6.45) is 4.60. The number of carbonyl (C=O) groups is 2. The third kappa shape index (κ3) is 7.82. The molecule has 0 aliphatic heterocycles. The lowest BCUT2D eigenvalue weighted by molar-refractivity contribution is -0.132. The molecule has 0 unspecified atom stereocenters. The molecule has 0 aliphatic rings. The highest BCUT2D eigenvalue weighted by Gasteiger charge is 2.23. The number of benzene rings is 2. The van der Waals surface area contributed by atoms with Gasteiger partial charge >= 0.3 is 0 Å². The average Bonchev–Trinajstić information content (AvgIpc) is 3.32. The summed E-state index contributed by atoms with van der Waals surface area (Å²) in [6, 6.07) is 21.7. The summed E-state index contributed by atoms with van der Waals surface area (Å²) < 4.78 is 7.52. The lowest BCUT2D eigenvalue weighted by Gasteiger charge is -2.28. The van der Waals surface area contributed by atoms with E-state index in [1.165, 1.54) is 0 Å². The Labute approximate surface area is 215 Å². The standard InChI is InChI=1S/C30H39N3O3/c1-4-6-20-32(23-28-14-10-19-31(28)3)29(34)24-33(21-11-22-36-5-2)30(35)27-17-15-26(16-18-27)25-12-8-7-9-13-25/h7-10,12-19H,4-6,11,20-24H2,1-3H3. The fraction of sp³-hybridized carbons (Fsp3) is 0.400. The fourth-order valence-electron chi connectivity index (χ4n) is 4.13. The predicted molar refractivity (Wildman–Crippen MR) is 145 cm³/mol. The molecule has 0 saturated heterocycles. The molecule has 3 rings (SSSR count). The monoisotopic (exact) mass is 489 g/mol. The Kier molecular flexibility index (Phi) is 10.8. The van der Waals surface area contributed by atoms with Crippen LogP contribution in [0.1, 0.15) is 49.2 Å². The Morgan fingerprint density at radius 3 is 2.17 bits per heavy atom. The van der Waals surface area contributed by atoms with Gasteiger partial charge < -0.3 is 19.1 Å². The van der Waals surface area contributed by atoms with E-state index in [1.807, 2.05) is 96.4 Å². The predicted octanol–water partition coefficient (Wildman–Crippen LogP) is 5.39. The van der Waals surface area contributed by atoms with Crippen molar-refractivity contribution in [2.75, 3.05) is 32.8 Å². The fourth-order valence-corrected chi connectivity index (χ4v) is 4.13. The number of nitrogens with zero attached hydrogens (tertiary/aromatic N) is 3. The van der Waals surface area contributed by atoms with Crippen molar-refractivity contribution in [3.8, 4) is 11.1 Å². The highest BCUT2D eigenvalue weighted by Crippen LogP contribution is 2.20. The van der Waals surface area contributed by atoms with Gasteiger partial charge in [0.25, 0.3) is 5.91 Å². The molecule has 1 aromatic heterocycles. The third-order valence-corrected chi connectivity index (χ3v) is 6.31. The minimum absolute atomic E-state index is 0.0321. The smallest absolute Gasteiger partial charge is 0.254 e. The molecule has 0 fully saturated rings. The van der Waals surface area contributed by atoms with Crippen LogP contribution in [0, 0.1) is 0 Å². The number of carbonyl (C=O) groups excluding carboxylic acids is 2. The Morgan fingerprint density at radius 2 is 1.53 bits per heavy atom. The van der Waals surface area contributed by atoms with Crippen LogP contribution in [0.3, 0.4) is 0 Å². The van der Waals surface area contributed by atoms with E-state index in [4.69, 9.17) is 4.74 Å². The van der Waals surface area contributed by atoms with E-state index >= 15 is 0 Å². The highest BCUT2D eigenvalue weighted by molar-refractivity contribution is 5.97. The van der Waals surface area contributed by atoms with Crippen molar-refractivity contribution in [1.82, 2.24) is 14.4 Å². The number of ether oxygens (including phenoxy) is 1. The zero-order valence-electron chi connectivity index (χ0n) is 21.9. The first-order valence-corrected chi connectivity index (χ1v) is 12.9. The van der Waals surface area contributed by atoms with Gasteiger partial charge in [0.05, 0.1) is 6.54 Å². The first-order chi connectivity index (χ1) is 17.5. The van der Waals surface area contributed by atoms with E-state index in [9.17, 15) is 9.59 Å². The largest absolute Gasteiger partial charge is 0.382 e. The maximum Gasteiger partial charge on any atom is 0.254 e. The lowest BCUT2D eigenvalue weighted by atomic mass is 10.0. The van der Waals surface area contributed by atoms with E-state index in [-0.39, 0.29) is 18.4 Å². The van der Waals surface area contributed by atoms with Gasteiger partial charge in [0.15, 0.2) is 0 Å². The van der Waals surface area contributed by atoms with Crippen molar-refractivity contribution in [1.29, 1.82) is 0 Å². The van der Waals surface area contributed by atoms with Gasteiger partial charge in [-0.15, -0.1) is 0 Å². The molecule has 0 saturated carbocycles. The molecule has 1 heterocycles. The molecule has 2 amide bonds. The van der Waals surface area contributed by atoms with Crippen LogP contribution in [0.5, 0.6) is 0 Å². The maximum atomic E-state index is 13.5. The van der Waals surface area contributed by atoms with Gasteiger partial charge in [-0.3, -0.25) is 9.59 Å². The second-order valence-electron chi connectivity index (χ2n) is 9.00. The van der Waals surface area contributed by atoms with Gasteiger partial charge in [0, 0.05) is 50.8 Å².